The highest BCUT2D eigenvalue weighted by Gasteiger charge is 2.58. The molecule has 0 bridgehead atoms. The van der Waals surface area contributed by atoms with Gasteiger partial charge in [0.05, 0.1) is 5.41 Å². The molecule has 3 rings (SSSR count). The predicted octanol–water partition coefficient (Wildman–Crippen LogP) is 5.21. The molecule has 0 saturated heterocycles. The van der Waals surface area contributed by atoms with Gasteiger partial charge in [-0.05, 0) is 55.0 Å². The monoisotopic (exact) mass is 521 g/mol. The van der Waals surface area contributed by atoms with E-state index in [1.165, 1.54) is 0 Å². The number of rotatable bonds is 9. The first kappa shape index (κ1) is 26.8. The Balaban J connectivity index is 1.64. The Morgan fingerprint density at radius 1 is 1.06 bits per heavy atom. The van der Waals surface area contributed by atoms with E-state index >= 15 is 0 Å². The number of benzene rings is 2. The van der Waals surface area contributed by atoms with Crippen LogP contribution < -0.4 is 10.1 Å². The van der Waals surface area contributed by atoms with Gasteiger partial charge in [0, 0.05) is 27.9 Å². The van der Waals surface area contributed by atoms with Crippen LogP contribution in [-0.4, -0.2) is 34.1 Å². The first-order valence-corrected chi connectivity index (χ1v) is 12.0. The van der Waals surface area contributed by atoms with Gasteiger partial charge in [-0.3, -0.25) is 9.59 Å². The molecule has 0 aromatic heterocycles. The summed E-state index contributed by atoms with van der Waals surface area (Å²) in [5, 5.41) is 23.0. The van der Waals surface area contributed by atoms with Crippen LogP contribution >= 0.6 is 23.2 Å². The standard InChI is InChI=1S/C26H29Cl2NO6/c1-25(2)18(11-12-26(25,3)24(33)34)22(30)29-21(23(31)32)13-15-7-9-16(10-8-15)35-14-17-19(27)5-4-6-20(17)28/h4-10,18,21H,11-14H2,1-3H3,(H,29,30)(H,31,32)(H,33,34)/t18?,21-,26+/m0/s1. The molecule has 2 aromatic rings. The first-order chi connectivity index (χ1) is 16.4. The quantitative estimate of drug-likeness (QED) is 0.417. The van der Waals surface area contributed by atoms with Crippen molar-refractivity contribution in [3.8, 4) is 5.75 Å². The van der Waals surface area contributed by atoms with Gasteiger partial charge < -0.3 is 20.3 Å². The second-order valence-electron chi connectivity index (χ2n) is 9.69. The number of amides is 1. The van der Waals surface area contributed by atoms with E-state index in [1.54, 1.807) is 63.2 Å². The van der Waals surface area contributed by atoms with Crippen molar-refractivity contribution in [3.63, 3.8) is 0 Å². The van der Waals surface area contributed by atoms with Gasteiger partial charge in [-0.1, -0.05) is 55.2 Å². The summed E-state index contributed by atoms with van der Waals surface area (Å²) in [5.41, 5.74) is -0.517. The topological polar surface area (TPSA) is 113 Å². The van der Waals surface area contributed by atoms with Crippen molar-refractivity contribution in [2.24, 2.45) is 16.7 Å². The molecule has 35 heavy (non-hydrogen) atoms. The van der Waals surface area contributed by atoms with Crippen molar-refractivity contribution in [1.82, 2.24) is 5.32 Å². The number of carbonyl (C=O) groups excluding carboxylic acids is 1. The number of carbonyl (C=O) groups is 3. The number of hydrogen-bond acceptors (Lipinski definition) is 4. The fraction of sp³-hybridized carbons (Fsp3) is 0.423. The molecule has 3 N–H and O–H groups in total. The summed E-state index contributed by atoms with van der Waals surface area (Å²) in [6.07, 6.45) is 0.808. The molecule has 9 heteroatoms. The highest BCUT2D eigenvalue weighted by molar-refractivity contribution is 6.35. The largest absolute Gasteiger partial charge is 0.489 e. The second kappa shape index (κ2) is 10.5. The minimum atomic E-state index is -1.16. The summed E-state index contributed by atoms with van der Waals surface area (Å²) in [5.74, 6) is -2.60. The molecule has 1 aliphatic rings. The van der Waals surface area contributed by atoms with Crippen molar-refractivity contribution in [1.29, 1.82) is 0 Å². The Bertz CT molecular complexity index is 1100. The number of hydrogen-bond donors (Lipinski definition) is 3. The molecule has 0 aliphatic heterocycles. The Kier molecular flexibility index (Phi) is 8.02. The molecule has 0 radical (unpaired) electrons. The third-order valence-corrected chi connectivity index (χ3v) is 8.15. The van der Waals surface area contributed by atoms with Crippen LogP contribution in [0.3, 0.4) is 0 Å². The maximum absolute atomic E-state index is 13.0. The normalized spacial score (nSPS) is 21.8. The zero-order chi connectivity index (χ0) is 26.0. The zero-order valence-corrected chi connectivity index (χ0v) is 21.3. The van der Waals surface area contributed by atoms with Gasteiger partial charge in [0.15, 0.2) is 0 Å². The zero-order valence-electron chi connectivity index (χ0n) is 19.8. The molecule has 1 aliphatic carbocycles. The van der Waals surface area contributed by atoms with E-state index in [9.17, 15) is 24.6 Å². The summed E-state index contributed by atoms with van der Waals surface area (Å²) < 4.78 is 5.75. The van der Waals surface area contributed by atoms with E-state index in [0.717, 1.165) is 0 Å². The Morgan fingerprint density at radius 2 is 1.66 bits per heavy atom. The van der Waals surface area contributed by atoms with Crippen LogP contribution in [0.25, 0.3) is 0 Å². The van der Waals surface area contributed by atoms with Gasteiger partial charge in [-0.25, -0.2) is 4.79 Å². The van der Waals surface area contributed by atoms with Crippen LogP contribution in [0.2, 0.25) is 10.0 Å². The molecule has 1 fully saturated rings. The molecule has 0 heterocycles. The number of carboxylic acid groups (broad SMARTS) is 2. The second-order valence-corrected chi connectivity index (χ2v) is 10.5. The van der Waals surface area contributed by atoms with Gasteiger partial charge in [-0.2, -0.15) is 0 Å². The molecule has 2 aromatic carbocycles. The fourth-order valence-corrected chi connectivity index (χ4v) is 5.10. The third kappa shape index (κ3) is 5.57. The van der Waals surface area contributed by atoms with Crippen LogP contribution in [0.5, 0.6) is 5.75 Å². The van der Waals surface area contributed by atoms with E-state index < -0.39 is 40.6 Å². The number of ether oxygens (including phenoxy) is 1. The SMILES string of the molecule is CC1(C)C(C(=O)N[C@@H](Cc2ccc(OCc3c(Cl)cccc3Cl)cc2)C(=O)O)CC[C@]1(C)C(=O)O. The van der Waals surface area contributed by atoms with Crippen molar-refractivity contribution < 1.29 is 29.3 Å². The number of aliphatic carboxylic acids is 2. The fourth-order valence-electron chi connectivity index (χ4n) is 4.60. The minimum absolute atomic E-state index is 0.0705. The lowest BCUT2D eigenvalue weighted by Crippen LogP contribution is -2.49. The van der Waals surface area contributed by atoms with Crippen molar-refractivity contribution in [2.75, 3.05) is 0 Å². The van der Waals surface area contributed by atoms with Gasteiger partial charge in [-0.15, -0.1) is 0 Å². The minimum Gasteiger partial charge on any atom is -0.489 e. The number of halogens is 2. The van der Waals surface area contributed by atoms with Crippen molar-refractivity contribution >= 4 is 41.0 Å². The van der Waals surface area contributed by atoms with Gasteiger partial charge in [0.2, 0.25) is 5.91 Å². The highest BCUT2D eigenvalue weighted by Crippen LogP contribution is 2.56. The molecule has 1 amide bonds. The van der Waals surface area contributed by atoms with Gasteiger partial charge in [0.25, 0.3) is 0 Å². The molecule has 1 unspecified atom stereocenters. The van der Waals surface area contributed by atoms with Crippen LogP contribution in [0, 0.1) is 16.7 Å². The van der Waals surface area contributed by atoms with E-state index in [-0.39, 0.29) is 13.0 Å². The van der Waals surface area contributed by atoms with Gasteiger partial charge >= 0.3 is 11.9 Å². The Labute approximate surface area is 214 Å². The molecule has 3 atom stereocenters. The molecular formula is C26H29Cl2NO6. The molecule has 188 valence electrons. The maximum Gasteiger partial charge on any atom is 0.326 e. The summed E-state index contributed by atoms with van der Waals surface area (Å²) in [7, 11) is 0. The summed E-state index contributed by atoms with van der Waals surface area (Å²) in [4.78, 5) is 36.7. The average Bonchev–Trinajstić information content (AvgIpc) is 3.03. The molecule has 7 nitrogen and oxygen atoms in total. The summed E-state index contributed by atoms with van der Waals surface area (Å²) in [6.45, 7) is 5.32. The average molecular weight is 522 g/mol. The van der Waals surface area contributed by atoms with Crippen LogP contribution in [0.1, 0.15) is 44.7 Å². The number of carboxylic acids is 2. The van der Waals surface area contributed by atoms with E-state index in [0.29, 0.717) is 39.8 Å². The van der Waals surface area contributed by atoms with Crippen LogP contribution in [-0.2, 0) is 27.4 Å². The van der Waals surface area contributed by atoms with Crippen LogP contribution in [0.4, 0.5) is 0 Å². The lowest BCUT2D eigenvalue weighted by molar-refractivity contribution is -0.155. The molecular weight excluding hydrogens is 493 g/mol. The molecule has 1 saturated carbocycles. The smallest absolute Gasteiger partial charge is 0.326 e. The number of nitrogens with one attached hydrogen (secondary N) is 1. The summed E-state index contributed by atoms with van der Waals surface area (Å²) >= 11 is 12.3. The predicted molar refractivity (Wildman–Crippen MR) is 133 cm³/mol. The summed E-state index contributed by atoms with van der Waals surface area (Å²) in [6, 6.07) is 10.9. The Morgan fingerprint density at radius 3 is 2.17 bits per heavy atom. The van der Waals surface area contributed by atoms with E-state index in [2.05, 4.69) is 5.32 Å². The van der Waals surface area contributed by atoms with Crippen molar-refractivity contribution in [3.05, 3.63) is 63.6 Å². The molecule has 0 spiro atoms. The lowest BCUT2D eigenvalue weighted by Gasteiger charge is -2.38. The highest BCUT2D eigenvalue weighted by atomic mass is 35.5. The maximum atomic E-state index is 13.0. The first-order valence-electron chi connectivity index (χ1n) is 11.3. The van der Waals surface area contributed by atoms with Crippen molar-refractivity contribution in [2.45, 2.75) is 52.7 Å². The van der Waals surface area contributed by atoms with Gasteiger partial charge in [0.1, 0.15) is 18.4 Å². The third-order valence-electron chi connectivity index (χ3n) is 7.44. The van der Waals surface area contributed by atoms with E-state index in [4.69, 9.17) is 27.9 Å². The lowest BCUT2D eigenvalue weighted by atomic mass is 9.65. The Hall–Kier alpha value is -2.77. The van der Waals surface area contributed by atoms with Crippen LogP contribution in [0.15, 0.2) is 42.5 Å². The van der Waals surface area contributed by atoms with E-state index in [1.807, 2.05) is 0 Å².